The molecule has 36 heavy (non-hydrogen) atoms. The highest BCUT2D eigenvalue weighted by atomic mass is 35.5. The molecule has 0 saturated carbocycles. The summed E-state index contributed by atoms with van der Waals surface area (Å²) in [6, 6.07) is 19.1. The minimum absolute atomic E-state index is 0.00649. The minimum Gasteiger partial charge on any atom is -0.322 e. The van der Waals surface area contributed by atoms with Crippen LogP contribution < -0.4 is 15.2 Å². The van der Waals surface area contributed by atoms with E-state index in [-0.39, 0.29) is 21.2 Å². The molecule has 1 aromatic heterocycles. The van der Waals surface area contributed by atoms with E-state index in [0.717, 1.165) is 4.31 Å². The molecule has 0 atom stereocenters. The van der Waals surface area contributed by atoms with Crippen molar-refractivity contribution in [3.05, 3.63) is 104 Å². The second-order valence-corrected chi connectivity index (χ2v) is 10.8. The zero-order chi connectivity index (χ0) is 26.2. The number of nitrogens with zero attached hydrogens (tertiary/aromatic N) is 3. The standard InChI is InChI=1S/C25H22Cl2N4O4S/c1-16-23(25(33)31(29(16)2)19-9-5-4-6-10-19)30(3)36(34,35)20-11-7-8-17(14-20)24(32)28-18-12-13-21(26)22(27)15-18/h4-15H,1-3H3,(H,28,32). The quantitative estimate of drug-likeness (QED) is 0.374. The fourth-order valence-electron chi connectivity index (χ4n) is 3.77. The van der Waals surface area contributed by atoms with Gasteiger partial charge in [-0.3, -0.25) is 18.6 Å². The van der Waals surface area contributed by atoms with Gasteiger partial charge in [-0.05, 0) is 55.5 Å². The summed E-state index contributed by atoms with van der Waals surface area (Å²) >= 11 is 11.9. The largest absolute Gasteiger partial charge is 0.322 e. The van der Waals surface area contributed by atoms with Gasteiger partial charge in [0.1, 0.15) is 5.69 Å². The first-order valence-corrected chi connectivity index (χ1v) is 12.9. The van der Waals surface area contributed by atoms with E-state index in [1.54, 1.807) is 55.1 Å². The predicted octanol–water partition coefficient (Wildman–Crippen LogP) is 4.87. The van der Waals surface area contributed by atoms with Gasteiger partial charge in [0.05, 0.1) is 26.3 Å². The van der Waals surface area contributed by atoms with Crippen molar-refractivity contribution in [3.8, 4) is 5.69 Å². The van der Waals surface area contributed by atoms with Gasteiger partial charge in [0, 0.05) is 25.3 Å². The summed E-state index contributed by atoms with van der Waals surface area (Å²) in [5.41, 5.74) is 1.10. The summed E-state index contributed by atoms with van der Waals surface area (Å²) in [5, 5.41) is 3.28. The van der Waals surface area contributed by atoms with E-state index in [1.807, 2.05) is 6.07 Å². The van der Waals surface area contributed by atoms with Crippen LogP contribution in [0.15, 0.2) is 82.5 Å². The number of halogens is 2. The maximum absolute atomic E-state index is 13.5. The van der Waals surface area contributed by atoms with Crippen LogP contribution >= 0.6 is 23.2 Å². The van der Waals surface area contributed by atoms with Crippen molar-refractivity contribution in [2.24, 2.45) is 7.05 Å². The van der Waals surface area contributed by atoms with Gasteiger partial charge in [-0.25, -0.2) is 13.1 Å². The third-order valence-electron chi connectivity index (χ3n) is 5.77. The van der Waals surface area contributed by atoms with Gasteiger partial charge in [0.15, 0.2) is 0 Å². The van der Waals surface area contributed by atoms with Crippen LogP contribution in [-0.2, 0) is 17.1 Å². The Morgan fingerprint density at radius 1 is 0.944 bits per heavy atom. The van der Waals surface area contributed by atoms with Gasteiger partial charge in [-0.15, -0.1) is 0 Å². The first kappa shape index (κ1) is 25.6. The highest BCUT2D eigenvalue weighted by molar-refractivity contribution is 7.92. The molecule has 0 aliphatic rings. The zero-order valence-electron chi connectivity index (χ0n) is 19.6. The molecule has 3 aromatic carbocycles. The smallest absolute Gasteiger partial charge is 0.296 e. The molecule has 0 bridgehead atoms. The summed E-state index contributed by atoms with van der Waals surface area (Å²) in [5.74, 6) is -0.532. The van der Waals surface area contributed by atoms with Crippen LogP contribution in [0.4, 0.5) is 11.4 Å². The van der Waals surface area contributed by atoms with Crippen molar-refractivity contribution in [2.45, 2.75) is 11.8 Å². The van der Waals surface area contributed by atoms with Gasteiger partial charge < -0.3 is 5.32 Å². The van der Waals surface area contributed by atoms with Crippen LogP contribution in [0.1, 0.15) is 16.1 Å². The first-order chi connectivity index (χ1) is 17.0. The summed E-state index contributed by atoms with van der Waals surface area (Å²) in [7, 11) is -1.18. The molecule has 186 valence electrons. The first-order valence-electron chi connectivity index (χ1n) is 10.7. The monoisotopic (exact) mass is 544 g/mol. The van der Waals surface area contributed by atoms with Crippen LogP contribution in [0, 0.1) is 6.92 Å². The lowest BCUT2D eigenvalue weighted by molar-refractivity contribution is 0.102. The molecular weight excluding hydrogens is 523 g/mol. The van der Waals surface area contributed by atoms with E-state index < -0.39 is 21.5 Å². The third kappa shape index (κ3) is 4.65. The van der Waals surface area contributed by atoms with Crippen molar-refractivity contribution >= 4 is 50.5 Å². The lowest BCUT2D eigenvalue weighted by Crippen LogP contribution is -2.32. The number of anilines is 2. The van der Waals surface area contributed by atoms with Gasteiger partial charge in [0.25, 0.3) is 21.5 Å². The Balaban J connectivity index is 1.68. The Morgan fingerprint density at radius 2 is 1.64 bits per heavy atom. The number of carbonyl (C=O) groups is 1. The van der Waals surface area contributed by atoms with Gasteiger partial charge in [-0.1, -0.05) is 47.5 Å². The second kappa shape index (κ2) is 9.85. The summed E-state index contributed by atoms with van der Waals surface area (Å²) in [6.07, 6.45) is 0. The highest BCUT2D eigenvalue weighted by Gasteiger charge is 2.29. The molecule has 4 aromatic rings. The molecule has 1 heterocycles. The van der Waals surface area contributed by atoms with Gasteiger partial charge >= 0.3 is 0 Å². The van der Waals surface area contributed by atoms with Crippen molar-refractivity contribution in [2.75, 3.05) is 16.7 Å². The lowest BCUT2D eigenvalue weighted by atomic mass is 10.2. The molecular formula is C25H22Cl2N4O4S. The Bertz CT molecular complexity index is 1630. The molecule has 1 amide bonds. The Hall–Kier alpha value is -3.53. The Morgan fingerprint density at radius 3 is 2.31 bits per heavy atom. The molecule has 0 fully saturated rings. The summed E-state index contributed by atoms with van der Waals surface area (Å²) in [4.78, 5) is 26.0. The molecule has 0 unspecified atom stereocenters. The maximum Gasteiger partial charge on any atom is 0.296 e. The topological polar surface area (TPSA) is 93.4 Å². The minimum atomic E-state index is -4.18. The number of hydrogen-bond acceptors (Lipinski definition) is 4. The van der Waals surface area contributed by atoms with Crippen molar-refractivity contribution in [1.29, 1.82) is 0 Å². The average Bonchev–Trinajstić information content (AvgIpc) is 3.09. The number of sulfonamides is 1. The van der Waals surface area contributed by atoms with Gasteiger partial charge in [-0.2, -0.15) is 0 Å². The number of carbonyl (C=O) groups excluding carboxylic acids is 1. The molecule has 4 rings (SSSR count). The third-order valence-corrected chi connectivity index (χ3v) is 8.26. The SMILES string of the molecule is Cc1c(N(C)S(=O)(=O)c2cccc(C(=O)Nc3ccc(Cl)c(Cl)c3)c2)c(=O)n(-c2ccccc2)n1C. The second-order valence-electron chi connectivity index (χ2n) is 7.99. The van der Waals surface area contributed by atoms with Crippen LogP contribution in [-0.4, -0.2) is 30.7 Å². The van der Waals surface area contributed by atoms with Crippen LogP contribution in [0.5, 0.6) is 0 Å². The van der Waals surface area contributed by atoms with Gasteiger partial charge in [0.2, 0.25) is 0 Å². The molecule has 0 saturated heterocycles. The van der Waals surface area contributed by atoms with E-state index in [1.165, 1.54) is 42.1 Å². The number of nitrogens with one attached hydrogen (secondary N) is 1. The zero-order valence-corrected chi connectivity index (χ0v) is 21.9. The molecule has 0 radical (unpaired) electrons. The number of para-hydroxylation sites is 1. The predicted molar refractivity (Wildman–Crippen MR) is 142 cm³/mol. The Kier molecular flexibility index (Phi) is 6.99. The average molecular weight is 545 g/mol. The van der Waals surface area contributed by atoms with Crippen LogP contribution in [0.2, 0.25) is 10.0 Å². The van der Waals surface area contributed by atoms with E-state index in [9.17, 15) is 18.0 Å². The fourth-order valence-corrected chi connectivity index (χ4v) is 5.36. The lowest BCUT2D eigenvalue weighted by Gasteiger charge is -2.18. The number of benzene rings is 3. The van der Waals surface area contributed by atoms with E-state index in [2.05, 4.69) is 5.32 Å². The van der Waals surface area contributed by atoms with E-state index in [0.29, 0.717) is 22.1 Å². The molecule has 8 nitrogen and oxygen atoms in total. The van der Waals surface area contributed by atoms with Crippen molar-refractivity contribution in [1.82, 2.24) is 9.36 Å². The number of hydrogen-bond donors (Lipinski definition) is 1. The maximum atomic E-state index is 13.5. The van der Waals surface area contributed by atoms with Crippen molar-refractivity contribution in [3.63, 3.8) is 0 Å². The molecule has 0 aliphatic heterocycles. The molecule has 0 spiro atoms. The molecule has 0 aliphatic carbocycles. The normalized spacial score (nSPS) is 11.4. The number of rotatable bonds is 6. The Labute approximate surface area is 218 Å². The van der Waals surface area contributed by atoms with Crippen LogP contribution in [0.25, 0.3) is 5.69 Å². The van der Waals surface area contributed by atoms with E-state index >= 15 is 0 Å². The molecule has 11 heteroatoms. The summed E-state index contributed by atoms with van der Waals surface area (Å²) < 4.78 is 31.0. The van der Waals surface area contributed by atoms with Crippen LogP contribution in [0.3, 0.4) is 0 Å². The number of aromatic nitrogens is 2. The number of amides is 1. The van der Waals surface area contributed by atoms with E-state index in [4.69, 9.17) is 23.2 Å². The summed E-state index contributed by atoms with van der Waals surface area (Å²) in [6.45, 7) is 1.67. The van der Waals surface area contributed by atoms with Crippen molar-refractivity contribution < 1.29 is 13.2 Å². The molecule has 1 N–H and O–H groups in total. The highest BCUT2D eigenvalue weighted by Crippen LogP contribution is 2.27. The fraction of sp³-hybridized carbons (Fsp3) is 0.120.